The highest BCUT2D eigenvalue weighted by atomic mass is 32.1. The zero-order valence-electron chi connectivity index (χ0n) is 8.81. The number of nitrogens with two attached hydrogens (primary N) is 1. The van der Waals surface area contributed by atoms with E-state index in [-0.39, 0.29) is 6.61 Å². The summed E-state index contributed by atoms with van der Waals surface area (Å²) in [5, 5.41) is 16.1. The molecule has 2 rings (SSSR count). The normalized spacial score (nSPS) is 10.3. The number of rotatable bonds is 4. The van der Waals surface area contributed by atoms with Crippen LogP contribution in [-0.4, -0.2) is 18.3 Å². The third-order valence-corrected chi connectivity index (χ3v) is 2.99. The van der Waals surface area contributed by atoms with Crippen molar-refractivity contribution in [2.75, 3.05) is 24.2 Å². The van der Waals surface area contributed by atoms with Gasteiger partial charge in [0, 0.05) is 23.5 Å². The molecule has 0 aliphatic heterocycles. The molecule has 0 atom stereocenters. The molecule has 0 spiro atoms. The van der Waals surface area contributed by atoms with Crippen LogP contribution >= 0.6 is 11.3 Å². The van der Waals surface area contributed by atoms with Gasteiger partial charge in [0.15, 0.2) is 0 Å². The van der Waals surface area contributed by atoms with Crippen LogP contribution in [0.3, 0.4) is 0 Å². The fourth-order valence-electron chi connectivity index (χ4n) is 1.56. The zero-order valence-corrected chi connectivity index (χ0v) is 9.63. The second kappa shape index (κ2) is 5.01. The molecule has 0 fully saturated rings. The minimum atomic E-state index is 0.119. The van der Waals surface area contributed by atoms with Crippen LogP contribution < -0.4 is 11.1 Å². The predicted molar refractivity (Wildman–Crippen MR) is 69.7 cm³/mol. The Balaban J connectivity index is 2.37. The lowest BCUT2D eigenvalue weighted by molar-refractivity contribution is 0.311. The molecular weight excluding hydrogens is 220 g/mol. The van der Waals surface area contributed by atoms with Gasteiger partial charge >= 0.3 is 0 Å². The van der Waals surface area contributed by atoms with Gasteiger partial charge in [0.25, 0.3) is 0 Å². The molecule has 1 heterocycles. The highest BCUT2D eigenvalue weighted by molar-refractivity contribution is 7.08. The van der Waals surface area contributed by atoms with Crippen LogP contribution in [-0.2, 0) is 0 Å². The van der Waals surface area contributed by atoms with Gasteiger partial charge in [-0.2, -0.15) is 11.3 Å². The number of anilines is 2. The van der Waals surface area contributed by atoms with E-state index in [2.05, 4.69) is 16.8 Å². The molecule has 0 bridgehead atoms. The molecule has 4 heteroatoms. The van der Waals surface area contributed by atoms with E-state index in [9.17, 15) is 0 Å². The van der Waals surface area contributed by atoms with Gasteiger partial charge in [-0.15, -0.1) is 0 Å². The van der Waals surface area contributed by atoms with Gasteiger partial charge in [0.1, 0.15) is 0 Å². The third kappa shape index (κ3) is 2.35. The molecule has 0 saturated carbocycles. The van der Waals surface area contributed by atoms with Crippen molar-refractivity contribution < 1.29 is 5.11 Å². The largest absolute Gasteiger partial charge is 0.399 e. The van der Waals surface area contributed by atoms with E-state index in [0.29, 0.717) is 6.54 Å². The molecular formula is C12H14N2OS. The molecule has 1 aromatic heterocycles. The second-order valence-corrected chi connectivity index (χ2v) is 4.25. The summed E-state index contributed by atoms with van der Waals surface area (Å²) in [4.78, 5) is 0. The van der Waals surface area contributed by atoms with E-state index in [0.717, 1.165) is 22.5 Å². The SMILES string of the molecule is Nc1ccc(NCCO)c(-c2ccsc2)c1. The van der Waals surface area contributed by atoms with Crippen LogP contribution in [0.25, 0.3) is 11.1 Å². The van der Waals surface area contributed by atoms with Crippen LogP contribution in [0.4, 0.5) is 11.4 Å². The fraction of sp³-hybridized carbons (Fsp3) is 0.167. The fourth-order valence-corrected chi connectivity index (χ4v) is 2.22. The Hall–Kier alpha value is -1.52. The average Bonchev–Trinajstić information content (AvgIpc) is 2.80. The maximum atomic E-state index is 8.82. The summed E-state index contributed by atoms with van der Waals surface area (Å²) < 4.78 is 0. The minimum Gasteiger partial charge on any atom is -0.399 e. The lowest BCUT2D eigenvalue weighted by Gasteiger charge is -2.11. The maximum absolute atomic E-state index is 8.82. The number of aliphatic hydroxyl groups excluding tert-OH is 1. The summed E-state index contributed by atoms with van der Waals surface area (Å²) >= 11 is 1.65. The van der Waals surface area contributed by atoms with Crippen molar-refractivity contribution >= 4 is 22.7 Å². The van der Waals surface area contributed by atoms with E-state index in [4.69, 9.17) is 10.8 Å². The number of benzene rings is 1. The Morgan fingerprint density at radius 1 is 1.31 bits per heavy atom. The van der Waals surface area contributed by atoms with Gasteiger partial charge < -0.3 is 16.2 Å². The van der Waals surface area contributed by atoms with Gasteiger partial charge in [-0.3, -0.25) is 0 Å². The van der Waals surface area contributed by atoms with Crippen molar-refractivity contribution in [3.8, 4) is 11.1 Å². The van der Waals surface area contributed by atoms with Gasteiger partial charge in [-0.05, 0) is 40.6 Å². The number of hydrogen-bond donors (Lipinski definition) is 3. The summed E-state index contributed by atoms with van der Waals surface area (Å²) in [6.07, 6.45) is 0. The van der Waals surface area contributed by atoms with Crippen molar-refractivity contribution in [2.45, 2.75) is 0 Å². The Labute approximate surface area is 98.5 Å². The van der Waals surface area contributed by atoms with E-state index in [1.165, 1.54) is 0 Å². The number of nitrogens with one attached hydrogen (secondary N) is 1. The standard InChI is InChI=1S/C12H14N2OS/c13-10-1-2-12(14-4-5-15)11(7-10)9-3-6-16-8-9/h1-3,6-8,14-15H,4-5,13H2. The molecule has 2 aromatic rings. The number of aliphatic hydroxyl groups is 1. The first-order valence-corrected chi connectivity index (χ1v) is 6.02. The quantitative estimate of drug-likeness (QED) is 0.712. The van der Waals surface area contributed by atoms with Crippen LogP contribution in [0.2, 0.25) is 0 Å². The summed E-state index contributed by atoms with van der Waals surface area (Å²) in [5.41, 5.74) is 9.77. The van der Waals surface area contributed by atoms with E-state index >= 15 is 0 Å². The Morgan fingerprint density at radius 2 is 2.19 bits per heavy atom. The Morgan fingerprint density at radius 3 is 2.88 bits per heavy atom. The topological polar surface area (TPSA) is 58.3 Å². The molecule has 0 aliphatic rings. The summed E-state index contributed by atoms with van der Waals surface area (Å²) in [7, 11) is 0. The van der Waals surface area contributed by atoms with Gasteiger partial charge in [0.2, 0.25) is 0 Å². The molecule has 16 heavy (non-hydrogen) atoms. The van der Waals surface area contributed by atoms with Crippen molar-refractivity contribution in [2.24, 2.45) is 0 Å². The molecule has 0 saturated heterocycles. The number of thiophene rings is 1. The van der Waals surface area contributed by atoms with Crippen molar-refractivity contribution in [1.29, 1.82) is 0 Å². The first-order valence-electron chi connectivity index (χ1n) is 5.08. The lowest BCUT2D eigenvalue weighted by atomic mass is 10.1. The van der Waals surface area contributed by atoms with E-state index in [1.54, 1.807) is 11.3 Å². The van der Waals surface area contributed by atoms with Crippen molar-refractivity contribution in [1.82, 2.24) is 0 Å². The average molecular weight is 234 g/mol. The monoisotopic (exact) mass is 234 g/mol. The second-order valence-electron chi connectivity index (χ2n) is 3.47. The highest BCUT2D eigenvalue weighted by Crippen LogP contribution is 2.31. The van der Waals surface area contributed by atoms with Crippen LogP contribution in [0.5, 0.6) is 0 Å². The smallest absolute Gasteiger partial charge is 0.0604 e. The molecule has 1 aromatic carbocycles. The maximum Gasteiger partial charge on any atom is 0.0604 e. The van der Waals surface area contributed by atoms with E-state index < -0.39 is 0 Å². The number of hydrogen-bond acceptors (Lipinski definition) is 4. The molecule has 84 valence electrons. The number of nitrogen functional groups attached to an aromatic ring is 1. The summed E-state index contributed by atoms with van der Waals surface area (Å²) in [5.74, 6) is 0. The molecule has 0 aliphatic carbocycles. The lowest BCUT2D eigenvalue weighted by Crippen LogP contribution is -2.06. The Bertz CT molecular complexity index is 454. The third-order valence-electron chi connectivity index (χ3n) is 2.30. The van der Waals surface area contributed by atoms with Gasteiger partial charge in [-0.1, -0.05) is 0 Å². The molecule has 0 unspecified atom stereocenters. The first-order chi connectivity index (χ1) is 7.81. The molecule has 3 nitrogen and oxygen atoms in total. The molecule has 4 N–H and O–H groups in total. The summed E-state index contributed by atoms with van der Waals surface area (Å²) in [6, 6.07) is 7.80. The van der Waals surface area contributed by atoms with Crippen LogP contribution in [0.15, 0.2) is 35.0 Å². The molecule has 0 amide bonds. The highest BCUT2D eigenvalue weighted by Gasteiger charge is 2.05. The molecule has 0 radical (unpaired) electrons. The Kier molecular flexibility index (Phi) is 3.44. The summed E-state index contributed by atoms with van der Waals surface area (Å²) in [6.45, 7) is 0.661. The first kappa shape index (κ1) is 11.0. The zero-order chi connectivity index (χ0) is 11.4. The van der Waals surface area contributed by atoms with E-state index in [1.807, 2.05) is 23.6 Å². The van der Waals surface area contributed by atoms with Crippen molar-refractivity contribution in [3.63, 3.8) is 0 Å². The van der Waals surface area contributed by atoms with Crippen LogP contribution in [0.1, 0.15) is 0 Å². The van der Waals surface area contributed by atoms with Crippen LogP contribution in [0, 0.1) is 0 Å². The van der Waals surface area contributed by atoms with Crippen molar-refractivity contribution in [3.05, 3.63) is 35.0 Å². The predicted octanol–water partition coefficient (Wildman–Crippen LogP) is 2.40. The van der Waals surface area contributed by atoms with Gasteiger partial charge in [-0.25, -0.2) is 0 Å². The minimum absolute atomic E-state index is 0.119. The van der Waals surface area contributed by atoms with Gasteiger partial charge in [0.05, 0.1) is 6.61 Å².